The summed E-state index contributed by atoms with van der Waals surface area (Å²) >= 11 is 0. The van der Waals surface area contributed by atoms with E-state index in [9.17, 15) is 0 Å². The van der Waals surface area contributed by atoms with Crippen LogP contribution in [0.2, 0.25) is 0 Å². The average molecular weight is 228 g/mol. The number of hydrogen-bond donors (Lipinski definition) is 1. The molecule has 1 atom stereocenters. The number of hydrogen-bond acceptors (Lipinski definition) is 2. The van der Waals surface area contributed by atoms with Gasteiger partial charge in [-0.05, 0) is 51.2 Å². The van der Waals surface area contributed by atoms with Crippen molar-refractivity contribution < 1.29 is 0 Å². The molecule has 0 aliphatic carbocycles. The zero-order valence-electron chi connectivity index (χ0n) is 12.1. The summed E-state index contributed by atoms with van der Waals surface area (Å²) in [5, 5.41) is 3.25. The van der Waals surface area contributed by atoms with Gasteiger partial charge in [-0.15, -0.1) is 0 Å². The number of likely N-dealkylation sites (tertiary alicyclic amines) is 1. The molecule has 98 valence electrons. The molecule has 0 spiro atoms. The lowest BCUT2D eigenvalue weighted by atomic mass is 9.94. The number of piperidine rings is 1. The highest BCUT2D eigenvalue weighted by atomic mass is 15.1. The lowest BCUT2D eigenvalue weighted by molar-refractivity contribution is 0.153. The predicted octanol–water partition coefficient (Wildman–Crippen LogP) is 2.99. The van der Waals surface area contributed by atoms with Gasteiger partial charge in [0.1, 0.15) is 0 Å². The molecule has 0 radical (unpaired) electrons. The van der Waals surface area contributed by atoms with Gasteiger partial charge in [0.25, 0.3) is 0 Å². The van der Waals surface area contributed by atoms with Crippen molar-refractivity contribution in [1.82, 2.24) is 10.2 Å². The minimum Gasteiger partial charge on any atom is -0.320 e. The van der Waals surface area contributed by atoms with Gasteiger partial charge in [0.05, 0.1) is 0 Å². The number of nitrogens with zero attached hydrogens (tertiary/aromatic N) is 1. The first-order valence-electron chi connectivity index (χ1n) is 7.09. The Labute approximate surface area is 103 Å². The van der Waals surface area contributed by atoms with Crippen LogP contribution < -0.4 is 5.32 Å². The lowest BCUT2D eigenvalue weighted by Gasteiger charge is -2.33. The molecule has 2 nitrogen and oxygen atoms in total. The summed E-state index contributed by atoms with van der Waals surface area (Å²) in [6, 6.07) is 0. The Bertz CT molecular complexity index is 146. The highest BCUT2D eigenvalue weighted by molar-refractivity contribution is 4.74. The van der Waals surface area contributed by atoms with Crippen LogP contribution in [0.3, 0.4) is 0 Å². The second-order valence-corrected chi connectivity index (χ2v) is 5.05. The molecular weight excluding hydrogens is 196 g/mol. The third-order valence-corrected chi connectivity index (χ3v) is 3.03. The van der Waals surface area contributed by atoms with Gasteiger partial charge in [0.2, 0.25) is 0 Å². The summed E-state index contributed by atoms with van der Waals surface area (Å²) in [5.74, 6) is 1.76. The first-order chi connectivity index (χ1) is 7.72. The summed E-state index contributed by atoms with van der Waals surface area (Å²) < 4.78 is 0. The average Bonchev–Trinajstić information content (AvgIpc) is 2.29. The van der Waals surface area contributed by atoms with Crippen LogP contribution in [0.25, 0.3) is 0 Å². The molecule has 0 aromatic carbocycles. The van der Waals surface area contributed by atoms with E-state index in [0.29, 0.717) is 0 Å². The van der Waals surface area contributed by atoms with Crippen LogP contribution in [0.1, 0.15) is 47.0 Å². The maximum absolute atomic E-state index is 3.25. The van der Waals surface area contributed by atoms with E-state index < -0.39 is 0 Å². The Balaban J connectivity index is 0.00000106. The maximum Gasteiger partial charge on any atom is 0.00103 e. The molecule has 0 aromatic rings. The van der Waals surface area contributed by atoms with E-state index in [4.69, 9.17) is 0 Å². The van der Waals surface area contributed by atoms with Gasteiger partial charge in [-0.3, -0.25) is 0 Å². The second kappa shape index (κ2) is 10.1. The maximum atomic E-state index is 3.25. The lowest BCUT2D eigenvalue weighted by Crippen LogP contribution is -2.38. The van der Waals surface area contributed by atoms with Crippen LogP contribution in [-0.4, -0.2) is 38.1 Å². The molecule has 0 aromatic heterocycles. The fourth-order valence-corrected chi connectivity index (χ4v) is 2.42. The van der Waals surface area contributed by atoms with Crippen LogP contribution in [0.5, 0.6) is 0 Å². The minimum atomic E-state index is 0.818. The third-order valence-electron chi connectivity index (χ3n) is 3.03. The first-order valence-corrected chi connectivity index (χ1v) is 7.09. The monoisotopic (exact) mass is 228 g/mol. The fourth-order valence-electron chi connectivity index (χ4n) is 2.42. The van der Waals surface area contributed by atoms with Gasteiger partial charge < -0.3 is 10.2 Å². The van der Waals surface area contributed by atoms with E-state index in [0.717, 1.165) is 11.8 Å². The molecule has 1 rings (SSSR count). The Morgan fingerprint density at radius 2 is 2.00 bits per heavy atom. The van der Waals surface area contributed by atoms with Crippen LogP contribution in [0.15, 0.2) is 0 Å². The van der Waals surface area contributed by atoms with Crippen molar-refractivity contribution in [2.24, 2.45) is 11.8 Å². The summed E-state index contributed by atoms with van der Waals surface area (Å²) in [6.07, 6.45) is 4.20. The molecular formula is C14H32N2. The van der Waals surface area contributed by atoms with Crippen molar-refractivity contribution in [3.05, 3.63) is 0 Å². The topological polar surface area (TPSA) is 15.3 Å². The third kappa shape index (κ3) is 7.24. The number of rotatable bonds is 5. The van der Waals surface area contributed by atoms with Gasteiger partial charge in [-0.25, -0.2) is 0 Å². The van der Waals surface area contributed by atoms with E-state index in [1.165, 1.54) is 45.4 Å². The van der Waals surface area contributed by atoms with Gasteiger partial charge in [-0.1, -0.05) is 27.7 Å². The Kier molecular flexibility index (Phi) is 10.0. The second-order valence-electron chi connectivity index (χ2n) is 5.05. The Hall–Kier alpha value is -0.0800. The van der Waals surface area contributed by atoms with E-state index in [1.807, 2.05) is 13.8 Å². The highest BCUT2D eigenvalue weighted by Gasteiger charge is 2.19. The van der Waals surface area contributed by atoms with Gasteiger partial charge in [-0.2, -0.15) is 0 Å². The van der Waals surface area contributed by atoms with Crippen molar-refractivity contribution in [3.63, 3.8) is 0 Å². The molecule has 16 heavy (non-hydrogen) atoms. The summed E-state index contributed by atoms with van der Waals surface area (Å²) in [5.41, 5.74) is 0. The summed E-state index contributed by atoms with van der Waals surface area (Å²) in [7, 11) is 2.05. The van der Waals surface area contributed by atoms with Crippen molar-refractivity contribution in [2.75, 3.05) is 33.2 Å². The molecule has 1 aliphatic rings. The predicted molar refractivity (Wildman–Crippen MR) is 73.9 cm³/mol. The summed E-state index contributed by atoms with van der Waals surface area (Å²) in [6.45, 7) is 13.8. The molecule has 0 saturated carbocycles. The van der Waals surface area contributed by atoms with Crippen LogP contribution in [0.4, 0.5) is 0 Å². The largest absolute Gasteiger partial charge is 0.320 e. The molecule has 1 saturated heterocycles. The first kappa shape index (κ1) is 15.9. The van der Waals surface area contributed by atoms with Crippen molar-refractivity contribution >= 4 is 0 Å². The van der Waals surface area contributed by atoms with Crippen molar-refractivity contribution in [3.8, 4) is 0 Å². The van der Waals surface area contributed by atoms with Crippen molar-refractivity contribution in [2.45, 2.75) is 47.0 Å². The van der Waals surface area contributed by atoms with E-state index >= 15 is 0 Å². The van der Waals surface area contributed by atoms with Crippen LogP contribution in [-0.2, 0) is 0 Å². The van der Waals surface area contributed by atoms with Crippen molar-refractivity contribution in [1.29, 1.82) is 0 Å². The van der Waals surface area contributed by atoms with Gasteiger partial charge >= 0.3 is 0 Å². The zero-order valence-corrected chi connectivity index (χ0v) is 12.1. The number of nitrogens with one attached hydrogen (secondary N) is 1. The minimum absolute atomic E-state index is 0.818. The molecule has 1 N–H and O–H groups in total. The molecule has 1 unspecified atom stereocenters. The van der Waals surface area contributed by atoms with Crippen LogP contribution in [0, 0.1) is 11.8 Å². The van der Waals surface area contributed by atoms with E-state index in [-0.39, 0.29) is 0 Å². The summed E-state index contributed by atoms with van der Waals surface area (Å²) in [4.78, 5) is 2.65. The SMILES string of the molecule is CC.CNCCC1CCCN(CC(C)C)C1. The molecule has 1 fully saturated rings. The normalized spacial score (nSPS) is 21.8. The van der Waals surface area contributed by atoms with Gasteiger partial charge in [0, 0.05) is 13.1 Å². The molecule has 0 bridgehead atoms. The smallest absolute Gasteiger partial charge is 0.00103 e. The van der Waals surface area contributed by atoms with Gasteiger partial charge in [0.15, 0.2) is 0 Å². The quantitative estimate of drug-likeness (QED) is 0.778. The fraction of sp³-hybridized carbons (Fsp3) is 1.00. The van der Waals surface area contributed by atoms with E-state index in [1.54, 1.807) is 0 Å². The standard InChI is InChI=1S/C12H26N2.C2H6/c1-11(2)9-14-8-4-5-12(10-14)6-7-13-3;1-2/h11-13H,4-10H2,1-3H3;1-2H3. The molecule has 1 heterocycles. The zero-order chi connectivity index (χ0) is 12.4. The van der Waals surface area contributed by atoms with E-state index in [2.05, 4.69) is 31.1 Å². The Morgan fingerprint density at radius 3 is 2.56 bits per heavy atom. The molecule has 2 heteroatoms. The highest BCUT2D eigenvalue weighted by Crippen LogP contribution is 2.19. The molecule has 0 amide bonds. The Morgan fingerprint density at radius 1 is 1.31 bits per heavy atom. The van der Waals surface area contributed by atoms with Crippen LogP contribution >= 0.6 is 0 Å². The molecule has 1 aliphatic heterocycles.